The second kappa shape index (κ2) is 15.9. The molecule has 0 heterocycles. The van der Waals surface area contributed by atoms with Crippen LogP contribution < -0.4 is 10.6 Å². The Morgan fingerprint density at radius 1 is 0.889 bits per heavy atom. The first kappa shape index (κ1) is 39.9. The number of carbonyl (C=O) groups excluding carboxylic acids is 4. The lowest BCUT2D eigenvalue weighted by Crippen LogP contribution is -2.63. The minimum Gasteiger partial charge on any atom is -0.349 e. The lowest BCUT2D eigenvalue weighted by atomic mass is 9.59. The molecule has 0 aromatic heterocycles. The van der Waals surface area contributed by atoms with Gasteiger partial charge in [-0.15, -0.1) is 0 Å². The van der Waals surface area contributed by atoms with E-state index >= 15 is 0 Å². The number of hydrogen-bond donors (Lipinski definition) is 2. The maximum absolute atomic E-state index is 13.3. The van der Waals surface area contributed by atoms with Gasteiger partial charge in [-0.2, -0.15) is 0 Å². The zero-order valence-corrected chi connectivity index (χ0v) is 30.6. The monoisotopic (exact) mass is 626 g/mol. The van der Waals surface area contributed by atoms with Gasteiger partial charge in [0.15, 0.2) is 0 Å². The average molecular weight is 627 g/mol. The van der Waals surface area contributed by atoms with E-state index in [2.05, 4.69) is 72.3 Å². The quantitative estimate of drug-likeness (QED) is 0.177. The molecule has 0 aromatic carbocycles. The molecule has 0 aliphatic heterocycles. The summed E-state index contributed by atoms with van der Waals surface area (Å²) in [6, 6.07) is 0.00670. The number of rotatable bonds is 14. The summed E-state index contributed by atoms with van der Waals surface area (Å²) in [6.07, 6.45) is 6.65. The van der Waals surface area contributed by atoms with Gasteiger partial charge in [0.2, 0.25) is 23.6 Å². The van der Waals surface area contributed by atoms with Crippen LogP contribution in [-0.4, -0.2) is 72.2 Å². The Morgan fingerprint density at radius 2 is 1.44 bits per heavy atom. The van der Waals surface area contributed by atoms with Crippen LogP contribution in [0, 0.1) is 22.7 Å². The van der Waals surface area contributed by atoms with Gasteiger partial charge in [-0.3, -0.25) is 19.2 Å². The molecule has 0 bridgehead atoms. The van der Waals surface area contributed by atoms with E-state index in [-0.39, 0.29) is 52.3 Å². The normalized spacial score (nSPS) is 22.6. The van der Waals surface area contributed by atoms with Crippen molar-refractivity contribution < 1.29 is 19.2 Å². The van der Waals surface area contributed by atoms with Gasteiger partial charge in [0.1, 0.15) is 0 Å². The zero-order valence-electron chi connectivity index (χ0n) is 30.6. The third-order valence-corrected chi connectivity index (χ3v) is 9.68. The number of amides is 4. The Hall–Kier alpha value is -3.16. The number of allylic oxidation sites excluding steroid dienone is 2. The third kappa shape index (κ3) is 11.6. The van der Waals surface area contributed by atoms with Crippen molar-refractivity contribution >= 4 is 23.6 Å². The van der Waals surface area contributed by atoms with Gasteiger partial charge in [0.25, 0.3) is 0 Å². The summed E-state index contributed by atoms with van der Waals surface area (Å²) in [5.41, 5.74) is 1.37. The van der Waals surface area contributed by atoms with Gasteiger partial charge in [0, 0.05) is 61.1 Å². The Kier molecular flexibility index (Phi) is 14.1. The number of nitrogens with one attached hydrogen (secondary N) is 2. The number of carbonyl (C=O) groups is 4. The van der Waals surface area contributed by atoms with Crippen molar-refractivity contribution in [2.75, 3.05) is 27.2 Å². The standard InChI is InChI=1S/C37H62N4O4/c1-24(2)31(42)38-30-22-36(11,12)37(13,21-29(30)8)39-32(43)27(6)16-17-28(7)34(45)41(15)23-26(5)20-35(9,10)18-19-40(14)33(44)25(3)4/h16-17,26,29-30H,1,3,18-23H2,2,4-15H3,(H,38,42)(H,39,43)/b27-16-,28-17-. The van der Waals surface area contributed by atoms with Crippen molar-refractivity contribution in [3.05, 3.63) is 47.6 Å². The molecule has 2 N–H and O–H groups in total. The molecule has 45 heavy (non-hydrogen) atoms. The fraction of sp³-hybridized carbons (Fsp3) is 0.676. The Bertz CT molecular complexity index is 1210. The second-order valence-electron chi connectivity index (χ2n) is 15.5. The fourth-order valence-corrected chi connectivity index (χ4v) is 6.35. The molecule has 8 nitrogen and oxygen atoms in total. The molecule has 254 valence electrons. The molecule has 8 heteroatoms. The molecule has 4 unspecified atom stereocenters. The molecule has 4 amide bonds. The summed E-state index contributed by atoms with van der Waals surface area (Å²) >= 11 is 0. The van der Waals surface area contributed by atoms with Crippen LogP contribution in [0.4, 0.5) is 0 Å². The highest BCUT2D eigenvalue weighted by atomic mass is 16.2. The lowest BCUT2D eigenvalue weighted by molar-refractivity contribution is -0.127. The Morgan fingerprint density at radius 3 is 1.98 bits per heavy atom. The van der Waals surface area contributed by atoms with E-state index in [0.717, 1.165) is 25.7 Å². The topological polar surface area (TPSA) is 98.8 Å². The highest BCUT2D eigenvalue weighted by Crippen LogP contribution is 2.46. The van der Waals surface area contributed by atoms with E-state index in [9.17, 15) is 19.2 Å². The molecule has 0 saturated heterocycles. The Labute approximate surface area is 273 Å². The van der Waals surface area contributed by atoms with Crippen molar-refractivity contribution in [1.29, 1.82) is 0 Å². The van der Waals surface area contributed by atoms with E-state index in [4.69, 9.17) is 0 Å². The molecule has 1 aliphatic carbocycles. The van der Waals surface area contributed by atoms with Gasteiger partial charge >= 0.3 is 0 Å². The van der Waals surface area contributed by atoms with Gasteiger partial charge in [0.05, 0.1) is 0 Å². The smallest absolute Gasteiger partial charge is 0.249 e. The molecule has 0 radical (unpaired) electrons. The first-order valence-corrected chi connectivity index (χ1v) is 16.2. The van der Waals surface area contributed by atoms with Crippen LogP contribution in [0.25, 0.3) is 0 Å². The summed E-state index contributed by atoms with van der Waals surface area (Å²) < 4.78 is 0. The minimum atomic E-state index is -0.475. The number of hydrogen-bond acceptors (Lipinski definition) is 4. The molecule has 1 rings (SSSR count). The van der Waals surface area contributed by atoms with Gasteiger partial charge < -0.3 is 20.4 Å². The van der Waals surface area contributed by atoms with Crippen molar-refractivity contribution in [3.63, 3.8) is 0 Å². The van der Waals surface area contributed by atoms with Gasteiger partial charge in [-0.05, 0) is 83.0 Å². The van der Waals surface area contributed by atoms with E-state index in [1.54, 1.807) is 56.7 Å². The van der Waals surface area contributed by atoms with Crippen LogP contribution >= 0.6 is 0 Å². The highest BCUT2D eigenvalue weighted by Gasteiger charge is 2.49. The van der Waals surface area contributed by atoms with Gasteiger partial charge in [-0.1, -0.05) is 66.9 Å². The molecule has 0 spiro atoms. The van der Waals surface area contributed by atoms with E-state index in [0.29, 0.717) is 35.4 Å². The van der Waals surface area contributed by atoms with Crippen LogP contribution in [0.1, 0.15) is 102 Å². The third-order valence-electron chi connectivity index (χ3n) is 9.68. The van der Waals surface area contributed by atoms with Crippen molar-refractivity contribution in [3.8, 4) is 0 Å². The molecule has 1 saturated carbocycles. The first-order valence-electron chi connectivity index (χ1n) is 16.2. The minimum absolute atomic E-state index is 0.00578. The predicted octanol–water partition coefficient (Wildman–Crippen LogP) is 6.21. The highest BCUT2D eigenvalue weighted by molar-refractivity contribution is 5.96. The van der Waals surface area contributed by atoms with Crippen molar-refractivity contribution in [2.45, 2.75) is 113 Å². The summed E-state index contributed by atoms with van der Waals surface area (Å²) in [6.45, 7) is 30.7. The van der Waals surface area contributed by atoms with Crippen LogP contribution in [0.2, 0.25) is 0 Å². The van der Waals surface area contributed by atoms with Crippen LogP contribution in [0.5, 0.6) is 0 Å². The zero-order chi connectivity index (χ0) is 35.1. The molecular weight excluding hydrogens is 564 g/mol. The summed E-state index contributed by atoms with van der Waals surface area (Å²) in [5.74, 6) is 0.0287. The molecule has 4 atom stereocenters. The first-order chi connectivity index (χ1) is 20.4. The van der Waals surface area contributed by atoms with Crippen molar-refractivity contribution in [1.82, 2.24) is 20.4 Å². The summed E-state index contributed by atoms with van der Waals surface area (Å²) in [7, 11) is 3.61. The second-order valence-corrected chi connectivity index (χ2v) is 15.5. The van der Waals surface area contributed by atoms with Crippen molar-refractivity contribution in [2.24, 2.45) is 22.7 Å². The molecule has 1 aliphatic rings. The van der Waals surface area contributed by atoms with Crippen LogP contribution in [0.3, 0.4) is 0 Å². The largest absolute Gasteiger partial charge is 0.349 e. The number of nitrogens with zero attached hydrogens (tertiary/aromatic N) is 2. The van der Waals surface area contributed by atoms with Crippen LogP contribution in [-0.2, 0) is 19.2 Å². The van der Waals surface area contributed by atoms with Gasteiger partial charge in [-0.25, -0.2) is 0 Å². The fourth-order valence-electron chi connectivity index (χ4n) is 6.35. The SMILES string of the molecule is C=C(C)C(=O)NC1CC(C)(C)C(C)(NC(=O)/C(C)=C\C=C(\C)C(=O)N(C)CC(C)CC(C)(C)CCN(C)C(=O)C(=C)C)CC1C. The maximum Gasteiger partial charge on any atom is 0.249 e. The molecule has 0 aromatic rings. The van der Waals surface area contributed by atoms with Crippen LogP contribution in [0.15, 0.2) is 47.6 Å². The summed E-state index contributed by atoms with van der Waals surface area (Å²) in [5, 5.41) is 6.38. The van der Waals surface area contributed by atoms with E-state index in [1.807, 2.05) is 7.05 Å². The predicted molar refractivity (Wildman–Crippen MR) is 185 cm³/mol. The van der Waals surface area contributed by atoms with E-state index < -0.39 is 5.54 Å². The molecule has 1 fully saturated rings. The summed E-state index contributed by atoms with van der Waals surface area (Å²) in [4.78, 5) is 54.3. The Balaban J connectivity index is 2.81. The van der Waals surface area contributed by atoms with E-state index in [1.165, 1.54) is 0 Å². The number of likely N-dealkylation sites (N-methyl/N-ethyl adjacent to an activating group) is 2. The lowest BCUT2D eigenvalue weighted by Gasteiger charge is -2.53. The average Bonchev–Trinajstić information content (AvgIpc) is 2.91. The molecular formula is C37H62N4O4. The maximum atomic E-state index is 13.3.